The van der Waals surface area contributed by atoms with Crippen molar-refractivity contribution in [1.29, 1.82) is 0 Å². The van der Waals surface area contributed by atoms with Crippen molar-refractivity contribution in [2.75, 3.05) is 18.5 Å². The average Bonchev–Trinajstić information content (AvgIpc) is 2.75. The molecule has 3 aromatic rings. The van der Waals surface area contributed by atoms with Gasteiger partial charge in [0.1, 0.15) is 0 Å². The van der Waals surface area contributed by atoms with Crippen LogP contribution in [0.15, 0.2) is 101 Å². The predicted octanol–water partition coefficient (Wildman–Crippen LogP) is 3.69. The van der Waals surface area contributed by atoms with Crippen LogP contribution in [-0.2, 0) is 19.7 Å². The minimum Gasteiger partial charge on any atom is -0.369 e. The van der Waals surface area contributed by atoms with E-state index in [4.69, 9.17) is 0 Å². The second-order valence-electron chi connectivity index (χ2n) is 6.48. The summed E-state index contributed by atoms with van der Waals surface area (Å²) in [5, 5.41) is 0. The Morgan fingerprint density at radius 2 is 1.03 bits per heavy atom. The molecular formula is C21H20FNO4S2. The molecule has 0 saturated heterocycles. The Morgan fingerprint density at radius 3 is 1.41 bits per heavy atom. The van der Waals surface area contributed by atoms with Crippen molar-refractivity contribution in [2.45, 2.75) is 14.1 Å². The highest BCUT2D eigenvalue weighted by Crippen LogP contribution is 2.38. The van der Waals surface area contributed by atoms with Crippen molar-refractivity contribution >= 4 is 25.4 Å². The number of alkyl halides is 1. The number of benzene rings is 3. The Hall–Kier alpha value is -2.71. The molecule has 0 fully saturated rings. The first-order valence-electron chi connectivity index (χ1n) is 8.74. The first-order valence-corrected chi connectivity index (χ1v) is 11.7. The molecule has 0 bridgehead atoms. The second kappa shape index (κ2) is 7.96. The molecule has 8 heteroatoms. The molecule has 3 rings (SSSR count). The van der Waals surface area contributed by atoms with E-state index >= 15 is 4.39 Å². The Labute approximate surface area is 170 Å². The summed E-state index contributed by atoms with van der Waals surface area (Å²) < 4.78 is 65.9. The molecule has 0 unspecified atom stereocenters. The maximum Gasteiger partial charge on any atom is 0.334 e. The van der Waals surface area contributed by atoms with Gasteiger partial charge < -0.3 is 4.90 Å². The maximum atomic E-state index is 16.4. The molecule has 0 aliphatic heterocycles. The average molecular weight is 434 g/mol. The summed E-state index contributed by atoms with van der Waals surface area (Å²) in [5.41, 5.74) is 0.487. The molecule has 0 atom stereocenters. The largest absolute Gasteiger partial charge is 0.369 e. The van der Waals surface area contributed by atoms with Crippen molar-refractivity contribution in [3.05, 3.63) is 91.0 Å². The van der Waals surface area contributed by atoms with Crippen molar-refractivity contribution in [2.24, 2.45) is 0 Å². The minimum atomic E-state index is -4.91. The van der Waals surface area contributed by atoms with E-state index in [1.165, 1.54) is 60.5 Å². The van der Waals surface area contributed by atoms with Gasteiger partial charge in [-0.2, -0.15) is 0 Å². The third-order valence-corrected chi connectivity index (χ3v) is 9.50. The SMILES string of the molecule is CN(CC(F)(S(=O)(=O)c1ccccc1)S(=O)(=O)c1ccccc1)c1ccccc1. The molecule has 0 N–H and O–H groups in total. The fourth-order valence-electron chi connectivity index (χ4n) is 2.92. The minimum absolute atomic E-state index is 0.400. The number of hydrogen-bond donors (Lipinski definition) is 0. The summed E-state index contributed by atoms with van der Waals surface area (Å²) >= 11 is 0. The lowest BCUT2D eigenvalue weighted by Crippen LogP contribution is -2.50. The third-order valence-electron chi connectivity index (χ3n) is 4.53. The van der Waals surface area contributed by atoms with Crippen molar-refractivity contribution in [1.82, 2.24) is 0 Å². The van der Waals surface area contributed by atoms with E-state index in [9.17, 15) is 16.8 Å². The zero-order valence-electron chi connectivity index (χ0n) is 15.6. The van der Waals surface area contributed by atoms with Gasteiger partial charge in [0.15, 0.2) is 0 Å². The number of sulfone groups is 2. The van der Waals surface area contributed by atoms with E-state index in [1.807, 2.05) is 0 Å². The molecule has 152 valence electrons. The summed E-state index contributed by atoms with van der Waals surface area (Å²) in [7, 11) is -8.36. The highest BCUT2D eigenvalue weighted by Gasteiger charge is 2.58. The zero-order valence-corrected chi connectivity index (χ0v) is 17.3. The van der Waals surface area contributed by atoms with E-state index in [2.05, 4.69) is 0 Å². The lowest BCUT2D eigenvalue weighted by atomic mass is 10.3. The quantitative estimate of drug-likeness (QED) is 0.568. The van der Waals surface area contributed by atoms with E-state index in [0.29, 0.717) is 5.69 Å². The molecule has 0 amide bonds. The van der Waals surface area contributed by atoms with E-state index in [-0.39, 0.29) is 0 Å². The smallest absolute Gasteiger partial charge is 0.334 e. The van der Waals surface area contributed by atoms with Gasteiger partial charge in [0, 0.05) is 12.7 Å². The number of hydrogen-bond acceptors (Lipinski definition) is 5. The van der Waals surface area contributed by atoms with Gasteiger partial charge in [0.05, 0.1) is 16.3 Å². The number of nitrogens with zero attached hydrogens (tertiary/aromatic N) is 1. The molecule has 5 nitrogen and oxygen atoms in total. The Morgan fingerprint density at radius 1 is 0.690 bits per heavy atom. The van der Waals surface area contributed by atoms with Crippen LogP contribution in [0, 0.1) is 0 Å². The first kappa shape index (κ1) is 21.0. The molecule has 0 heterocycles. The summed E-state index contributed by atoms with van der Waals surface area (Å²) in [6.07, 6.45) is 0. The summed E-state index contributed by atoms with van der Waals surface area (Å²) in [6, 6.07) is 22.0. The van der Waals surface area contributed by atoms with Gasteiger partial charge >= 0.3 is 4.33 Å². The molecule has 3 aromatic carbocycles. The number of para-hydroxylation sites is 1. The van der Waals surface area contributed by atoms with Crippen molar-refractivity contribution in [3.8, 4) is 0 Å². The summed E-state index contributed by atoms with van der Waals surface area (Å²) in [5.74, 6) is 0. The fourth-order valence-corrected chi connectivity index (χ4v) is 7.12. The molecule has 29 heavy (non-hydrogen) atoms. The van der Waals surface area contributed by atoms with Crippen LogP contribution in [0.5, 0.6) is 0 Å². The summed E-state index contributed by atoms with van der Waals surface area (Å²) in [4.78, 5) is 0.480. The molecule has 0 spiro atoms. The van der Waals surface area contributed by atoms with Crippen LogP contribution in [0.4, 0.5) is 10.1 Å². The van der Waals surface area contributed by atoms with E-state index in [1.54, 1.807) is 42.5 Å². The molecule has 0 radical (unpaired) electrons. The van der Waals surface area contributed by atoms with Crippen LogP contribution in [-0.4, -0.2) is 34.8 Å². The van der Waals surface area contributed by atoms with Crippen LogP contribution in [0.3, 0.4) is 0 Å². The van der Waals surface area contributed by atoms with Crippen LogP contribution in [0.2, 0.25) is 0 Å². The molecule has 0 aliphatic rings. The van der Waals surface area contributed by atoms with E-state index in [0.717, 1.165) is 0 Å². The van der Waals surface area contributed by atoms with Gasteiger partial charge in [-0.1, -0.05) is 54.6 Å². The lowest BCUT2D eigenvalue weighted by molar-refractivity contribution is 0.358. The maximum absolute atomic E-state index is 16.4. The van der Waals surface area contributed by atoms with Gasteiger partial charge in [-0.05, 0) is 36.4 Å². The standard InChI is InChI=1S/C21H20FNO4S2/c1-23(18-11-5-2-6-12-18)17-21(22,28(24,25)19-13-7-3-8-14-19)29(26,27)20-15-9-4-10-16-20/h2-16H,17H2,1H3. The third kappa shape index (κ3) is 3.77. The number of halogens is 1. The lowest BCUT2D eigenvalue weighted by Gasteiger charge is -2.30. The number of anilines is 1. The summed E-state index contributed by atoms with van der Waals surface area (Å²) in [6.45, 7) is -0.897. The molecular weight excluding hydrogens is 413 g/mol. The van der Waals surface area contributed by atoms with Crippen LogP contribution in [0.25, 0.3) is 0 Å². The molecule has 0 aliphatic carbocycles. The Kier molecular flexibility index (Phi) is 5.77. The van der Waals surface area contributed by atoms with Gasteiger partial charge in [-0.15, -0.1) is 0 Å². The van der Waals surface area contributed by atoms with Gasteiger partial charge in [0.2, 0.25) is 19.7 Å². The topological polar surface area (TPSA) is 71.5 Å². The zero-order chi connectivity index (χ0) is 21.1. The first-order chi connectivity index (χ1) is 13.7. The monoisotopic (exact) mass is 433 g/mol. The van der Waals surface area contributed by atoms with Crippen molar-refractivity contribution < 1.29 is 21.2 Å². The van der Waals surface area contributed by atoms with Gasteiger partial charge in [0.25, 0.3) is 0 Å². The fraction of sp³-hybridized carbons (Fsp3) is 0.143. The number of rotatable bonds is 7. The highest BCUT2D eigenvalue weighted by molar-refractivity contribution is 8.10. The highest BCUT2D eigenvalue weighted by atomic mass is 32.3. The Bertz CT molecular complexity index is 1100. The normalized spacial score (nSPS) is 12.5. The Balaban J connectivity index is 2.19. The van der Waals surface area contributed by atoms with Gasteiger partial charge in [-0.3, -0.25) is 0 Å². The van der Waals surface area contributed by atoms with Gasteiger partial charge in [-0.25, -0.2) is 21.2 Å². The second-order valence-corrected chi connectivity index (χ2v) is 11.0. The predicted molar refractivity (Wildman–Crippen MR) is 111 cm³/mol. The van der Waals surface area contributed by atoms with Crippen LogP contribution in [0.1, 0.15) is 0 Å². The molecule has 0 aromatic heterocycles. The van der Waals surface area contributed by atoms with Crippen LogP contribution >= 0.6 is 0 Å². The molecule has 0 saturated carbocycles. The van der Waals surface area contributed by atoms with E-state index < -0.39 is 40.3 Å². The van der Waals surface area contributed by atoms with Crippen molar-refractivity contribution in [3.63, 3.8) is 0 Å². The van der Waals surface area contributed by atoms with Crippen LogP contribution < -0.4 is 4.90 Å².